The van der Waals surface area contributed by atoms with Gasteiger partial charge in [0.2, 0.25) is 0 Å². The molecule has 0 saturated carbocycles. The van der Waals surface area contributed by atoms with E-state index in [4.69, 9.17) is 23.2 Å². The molecule has 0 amide bonds. The molecule has 0 bridgehead atoms. The van der Waals surface area contributed by atoms with Gasteiger partial charge in [-0.15, -0.1) is 0 Å². The quantitative estimate of drug-likeness (QED) is 0.678. The van der Waals surface area contributed by atoms with Gasteiger partial charge in [0.25, 0.3) is 0 Å². The third kappa shape index (κ3) is 1.21. The molecule has 1 aromatic rings. The van der Waals surface area contributed by atoms with Crippen LogP contribution in [0, 0.1) is 0 Å². The Morgan fingerprint density at radius 2 is 2.00 bits per heavy atom. The molecule has 12 heavy (non-hydrogen) atoms. The maximum absolute atomic E-state index is 9.38. The summed E-state index contributed by atoms with van der Waals surface area (Å²) in [6, 6.07) is 3.48. The van der Waals surface area contributed by atoms with Crippen LogP contribution in [-0.2, 0) is 6.54 Å². The maximum Gasteiger partial charge on any atom is 0.131 e. The first-order valence-corrected chi connectivity index (χ1v) is 4.33. The molecule has 1 atom stereocenters. The van der Waals surface area contributed by atoms with Crippen LogP contribution >= 0.6 is 23.2 Å². The predicted octanol–water partition coefficient (Wildman–Crippen LogP) is 2.09. The lowest BCUT2D eigenvalue weighted by molar-refractivity contribution is 0.151. The van der Waals surface area contributed by atoms with Gasteiger partial charge >= 0.3 is 0 Å². The summed E-state index contributed by atoms with van der Waals surface area (Å²) < 4.78 is 0. The molecule has 0 radical (unpaired) electrons. The van der Waals surface area contributed by atoms with Crippen LogP contribution in [0.2, 0.25) is 10.0 Å². The van der Waals surface area contributed by atoms with Crippen LogP contribution < -0.4 is 5.32 Å². The molecule has 1 heterocycles. The van der Waals surface area contributed by atoms with Crippen molar-refractivity contribution in [1.29, 1.82) is 0 Å². The molecule has 2 nitrogen and oxygen atoms in total. The first-order valence-electron chi connectivity index (χ1n) is 3.58. The Balaban J connectivity index is 2.56. The molecule has 1 unspecified atom stereocenters. The van der Waals surface area contributed by atoms with Crippen molar-refractivity contribution in [3.05, 3.63) is 33.3 Å². The summed E-state index contributed by atoms with van der Waals surface area (Å²) in [5, 5.41) is 13.3. The van der Waals surface area contributed by atoms with Gasteiger partial charge in [0.15, 0.2) is 0 Å². The lowest BCUT2D eigenvalue weighted by Gasteiger charge is -2.04. The van der Waals surface area contributed by atoms with Crippen molar-refractivity contribution >= 4 is 23.2 Å². The zero-order valence-corrected chi connectivity index (χ0v) is 7.65. The van der Waals surface area contributed by atoms with Crippen molar-refractivity contribution in [3.63, 3.8) is 0 Å². The number of hydrogen-bond acceptors (Lipinski definition) is 2. The fraction of sp³-hybridized carbons (Fsp3) is 0.250. The molecule has 0 aromatic heterocycles. The molecule has 0 saturated heterocycles. The molecule has 2 N–H and O–H groups in total. The number of halogens is 2. The summed E-state index contributed by atoms with van der Waals surface area (Å²) in [6.45, 7) is 0.646. The van der Waals surface area contributed by atoms with Crippen LogP contribution in [0.3, 0.4) is 0 Å². The molecule has 0 fully saturated rings. The van der Waals surface area contributed by atoms with Crippen molar-refractivity contribution in [1.82, 2.24) is 5.32 Å². The van der Waals surface area contributed by atoms with Crippen LogP contribution in [0.1, 0.15) is 17.4 Å². The second kappa shape index (κ2) is 2.89. The van der Waals surface area contributed by atoms with Gasteiger partial charge in [-0.2, -0.15) is 0 Å². The lowest BCUT2D eigenvalue weighted by atomic mass is 10.1. The summed E-state index contributed by atoms with van der Waals surface area (Å²) in [7, 11) is 0. The van der Waals surface area contributed by atoms with Gasteiger partial charge in [-0.3, -0.25) is 5.32 Å². The highest BCUT2D eigenvalue weighted by Gasteiger charge is 2.20. The van der Waals surface area contributed by atoms with Crippen LogP contribution in [-0.4, -0.2) is 5.11 Å². The fourth-order valence-corrected chi connectivity index (χ4v) is 1.69. The Morgan fingerprint density at radius 1 is 1.33 bits per heavy atom. The van der Waals surface area contributed by atoms with Gasteiger partial charge in [0.1, 0.15) is 6.23 Å². The van der Waals surface area contributed by atoms with Crippen molar-refractivity contribution < 1.29 is 5.11 Å². The van der Waals surface area contributed by atoms with Crippen molar-refractivity contribution in [3.8, 4) is 0 Å². The summed E-state index contributed by atoms with van der Waals surface area (Å²) in [5.74, 6) is 0. The maximum atomic E-state index is 9.38. The molecule has 64 valence electrons. The zero-order chi connectivity index (χ0) is 8.72. The SMILES string of the molecule is OC1NCc2cc(Cl)c(Cl)cc21. The first-order chi connectivity index (χ1) is 5.68. The fourth-order valence-electron chi connectivity index (χ4n) is 1.33. The highest BCUT2D eigenvalue weighted by atomic mass is 35.5. The Labute approximate surface area is 80.1 Å². The minimum atomic E-state index is -0.602. The van der Waals surface area contributed by atoms with E-state index in [1.807, 2.05) is 0 Å². The van der Waals surface area contributed by atoms with E-state index >= 15 is 0 Å². The topological polar surface area (TPSA) is 32.3 Å². The predicted molar refractivity (Wildman–Crippen MR) is 48.3 cm³/mol. The molecule has 1 aliphatic heterocycles. The minimum Gasteiger partial charge on any atom is -0.374 e. The average Bonchev–Trinajstić information content (AvgIpc) is 2.35. The van der Waals surface area contributed by atoms with Crippen LogP contribution in [0.25, 0.3) is 0 Å². The highest BCUT2D eigenvalue weighted by Crippen LogP contribution is 2.31. The second-order valence-electron chi connectivity index (χ2n) is 2.75. The molecule has 4 heteroatoms. The van der Waals surface area contributed by atoms with Crippen molar-refractivity contribution in [2.75, 3.05) is 0 Å². The highest BCUT2D eigenvalue weighted by molar-refractivity contribution is 6.42. The van der Waals surface area contributed by atoms with E-state index in [2.05, 4.69) is 5.32 Å². The standard InChI is InChI=1S/C8H7Cl2NO/c9-6-1-4-3-11-8(12)5(4)2-7(6)10/h1-2,8,11-12H,3H2. The minimum absolute atomic E-state index is 0.484. The molecule has 2 rings (SSSR count). The van der Waals surface area contributed by atoms with Crippen LogP contribution in [0.15, 0.2) is 12.1 Å². The van der Waals surface area contributed by atoms with Gasteiger partial charge in [0, 0.05) is 12.1 Å². The van der Waals surface area contributed by atoms with Crippen molar-refractivity contribution in [2.45, 2.75) is 12.8 Å². The number of aliphatic hydroxyl groups is 1. The van der Waals surface area contributed by atoms with Gasteiger partial charge < -0.3 is 5.11 Å². The van der Waals surface area contributed by atoms with E-state index in [1.54, 1.807) is 12.1 Å². The number of benzene rings is 1. The number of aliphatic hydroxyl groups excluding tert-OH is 1. The van der Waals surface area contributed by atoms with Gasteiger partial charge in [0.05, 0.1) is 10.0 Å². The third-order valence-corrected chi connectivity index (χ3v) is 2.68. The third-order valence-electron chi connectivity index (χ3n) is 1.96. The smallest absolute Gasteiger partial charge is 0.131 e. The largest absolute Gasteiger partial charge is 0.374 e. The molecule has 0 aliphatic carbocycles. The lowest BCUT2D eigenvalue weighted by Crippen LogP contribution is -2.09. The van der Waals surface area contributed by atoms with E-state index in [0.717, 1.165) is 11.1 Å². The van der Waals surface area contributed by atoms with Gasteiger partial charge in [-0.05, 0) is 17.7 Å². The Kier molecular flexibility index (Phi) is 2.00. The van der Waals surface area contributed by atoms with Crippen LogP contribution in [0.5, 0.6) is 0 Å². The summed E-state index contributed by atoms with van der Waals surface area (Å²) in [4.78, 5) is 0. The molecule has 0 spiro atoms. The van der Waals surface area contributed by atoms with E-state index < -0.39 is 6.23 Å². The van der Waals surface area contributed by atoms with Gasteiger partial charge in [-0.25, -0.2) is 0 Å². The summed E-state index contributed by atoms with van der Waals surface area (Å²) in [5.41, 5.74) is 1.83. The number of rotatable bonds is 0. The van der Waals surface area contributed by atoms with Gasteiger partial charge in [-0.1, -0.05) is 23.2 Å². The van der Waals surface area contributed by atoms with E-state index in [1.165, 1.54) is 0 Å². The number of nitrogens with one attached hydrogen (secondary N) is 1. The Hall–Kier alpha value is -0.280. The van der Waals surface area contributed by atoms with Crippen molar-refractivity contribution in [2.24, 2.45) is 0 Å². The molecule has 1 aliphatic rings. The Bertz CT molecular complexity index is 327. The number of fused-ring (bicyclic) bond motifs is 1. The summed E-state index contributed by atoms with van der Waals surface area (Å²) in [6.07, 6.45) is -0.602. The second-order valence-corrected chi connectivity index (χ2v) is 3.56. The molecular formula is C8H7Cl2NO. The first kappa shape index (κ1) is 8.32. The monoisotopic (exact) mass is 203 g/mol. The normalized spacial score (nSPS) is 21.1. The van der Waals surface area contributed by atoms with Crippen LogP contribution in [0.4, 0.5) is 0 Å². The molecule has 1 aromatic carbocycles. The summed E-state index contributed by atoms with van der Waals surface area (Å²) >= 11 is 11.6. The Morgan fingerprint density at radius 3 is 2.75 bits per heavy atom. The van der Waals surface area contributed by atoms with E-state index in [-0.39, 0.29) is 0 Å². The average molecular weight is 204 g/mol. The van der Waals surface area contributed by atoms with E-state index in [0.29, 0.717) is 16.6 Å². The molecular weight excluding hydrogens is 197 g/mol. The zero-order valence-electron chi connectivity index (χ0n) is 6.14. The van der Waals surface area contributed by atoms with E-state index in [9.17, 15) is 5.11 Å². The number of hydrogen-bond donors (Lipinski definition) is 2.